The second-order valence-corrected chi connectivity index (χ2v) is 9.19. The van der Waals surface area contributed by atoms with Gasteiger partial charge in [0, 0.05) is 30.5 Å². The summed E-state index contributed by atoms with van der Waals surface area (Å²) in [5, 5.41) is 0. The first-order valence-electron chi connectivity index (χ1n) is 13.4. The van der Waals surface area contributed by atoms with Gasteiger partial charge >= 0.3 is 24.1 Å². The Morgan fingerprint density at radius 2 is 1.50 bits per heavy atom. The van der Waals surface area contributed by atoms with Crippen molar-refractivity contribution in [3.8, 4) is 11.5 Å². The Morgan fingerprint density at radius 1 is 0.864 bits per heavy atom. The zero-order valence-electron chi connectivity index (χ0n) is 23.7. The van der Waals surface area contributed by atoms with Crippen LogP contribution in [0.1, 0.15) is 46.0 Å². The number of halogens is 3. The third kappa shape index (κ3) is 11.7. The van der Waals surface area contributed by atoms with Crippen LogP contribution in [0.2, 0.25) is 0 Å². The van der Waals surface area contributed by atoms with Crippen LogP contribution in [0.4, 0.5) is 24.5 Å². The van der Waals surface area contributed by atoms with Crippen molar-refractivity contribution in [1.82, 2.24) is 0 Å². The predicted octanol–water partition coefficient (Wildman–Crippen LogP) is 5.57. The van der Waals surface area contributed by atoms with E-state index in [0.29, 0.717) is 11.3 Å². The van der Waals surface area contributed by atoms with E-state index in [1.165, 1.54) is 60.7 Å². The Morgan fingerprint density at radius 3 is 2.11 bits per heavy atom. The molecule has 1 atom stereocenters. The van der Waals surface area contributed by atoms with E-state index >= 15 is 0 Å². The van der Waals surface area contributed by atoms with E-state index in [-0.39, 0.29) is 54.5 Å². The maximum atomic E-state index is 12.4. The first-order chi connectivity index (χ1) is 20.9. The van der Waals surface area contributed by atoms with E-state index in [0.717, 1.165) is 6.08 Å². The van der Waals surface area contributed by atoms with Crippen molar-refractivity contribution in [2.24, 2.45) is 0 Å². The number of hydrogen-bond acceptors (Lipinski definition) is 10. The fourth-order valence-corrected chi connectivity index (χ4v) is 3.61. The quantitative estimate of drug-likeness (QED) is 0.0588. The molecule has 3 aromatic rings. The molecule has 0 aliphatic rings. The van der Waals surface area contributed by atoms with Crippen LogP contribution in [0, 0.1) is 0 Å². The molecule has 0 saturated heterocycles. The third-order valence-corrected chi connectivity index (χ3v) is 5.63. The summed E-state index contributed by atoms with van der Waals surface area (Å²) in [6.07, 6.45) is -3.87. The molecule has 0 aromatic heterocycles. The molecular weight excluding hydrogens is 585 g/mol. The van der Waals surface area contributed by atoms with Crippen molar-refractivity contribution >= 4 is 35.4 Å². The smallest absolute Gasteiger partial charge is 0.389 e. The van der Waals surface area contributed by atoms with Crippen molar-refractivity contribution in [3.63, 3.8) is 0 Å². The van der Waals surface area contributed by atoms with E-state index in [2.05, 4.69) is 0 Å². The van der Waals surface area contributed by atoms with Crippen molar-refractivity contribution in [1.29, 1.82) is 0 Å². The summed E-state index contributed by atoms with van der Waals surface area (Å²) < 4.78 is 62.9. The number of alkyl halides is 3. The maximum Gasteiger partial charge on any atom is 0.389 e. The van der Waals surface area contributed by atoms with Gasteiger partial charge in [-0.15, -0.1) is 0 Å². The van der Waals surface area contributed by atoms with E-state index in [4.69, 9.17) is 35.2 Å². The molecule has 0 spiro atoms. The number of hydrogen-bond donors (Lipinski definition) is 2. The van der Waals surface area contributed by atoms with Gasteiger partial charge in [0.2, 0.25) is 6.29 Å². The van der Waals surface area contributed by atoms with Gasteiger partial charge in [-0.1, -0.05) is 12.1 Å². The number of benzene rings is 3. The summed E-state index contributed by atoms with van der Waals surface area (Å²) in [5.74, 6) is -1.55. The summed E-state index contributed by atoms with van der Waals surface area (Å²) in [5.41, 5.74) is 12.9. The lowest BCUT2D eigenvalue weighted by molar-refractivity contribution is -0.161. The third-order valence-electron chi connectivity index (χ3n) is 5.63. The monoisotopic (exact) mass is 616 g/mol. The Hall–Kier alpha value is -5.04. The molecule has 3 aromatic carbocycles. The first kappa shape index (κ1) is 33.5. The standard InChI is InChI=1S/C31H31F3N2O8/c1-2-40-28(44-30(39)22-16-23(35)18-24(36)17-22)19-42-27(37)13-6-20-4-9-26(10-5-20)43-29(38)21-7-11-25(12-8-21)41-15-3-14-31(32,33)34/h4-13,16-18,28H,2-3,14-15,19,35-36H2,1H3/b13-6+. The summed E-state index contributed by atoms with van der Waals surface area (Å²) >= 11 is 0. The van der Waals surface area contributed by atoms with E-state index < -0.39 is 36.8 Å². The van der Waals surface area contributed by atoms with Crippen molar-refractivity contribution in [3.05, 3.63) is 89.5 Å². The number of ether oxygens (including phenoxy) is 5. The van der Waals surface area contributed by atoms with Crippen LogP contribution in [0.5, 0.6) is 11.5 Å². The predicted molar refractivity (Wildman–Crippen MR) is 155 cm³/mol. The number of nitrogens with two attached hydrogens (primary N) is 2. The number of carbonyl (C=O) groups excluding carboxylic acids is 3. The SMILES string of the molecule is CCOC(COC(=O)/C=C/c1ccc(OC(=O)c2ccc(OCCCC(F)(F)F)cc2)cc1)OC(=O)c1cc(N)cc(N)c1. The molecule has 1 unspecified atom stereocenters. The van der Waals surface area contributed by atoms with Gasteiger partial charge in [-0.05, 0) is 79.6 Å². The minimum Gasteiger partial charge on any atom is -0.494 e. The summed E-state index contributed by atoms with van der Waals surface area (Å²) in [6, 6.07) is 16.3. The molecule has 0 bridgehead atoms. The average Bonchev–Trinajstić information content (AvgIpc) is 2.97. The molecule has 0 amide bonds. The zero-order valence-corrected chi connectivity index (χ0v) is 23.7. The second kappa shape index (κ2) is 16.0. The molecule has 3 rings (SSSR count). The van der Waals surface area contributed by atoms with Gasteiger partial charge < -0.3 is 35.2 Å². The van der Waals surface area contributed by atoms with Gasteiger partial charge in [-0.2, -0.15) is 13.2 Å². The van der Waals surface area contributed by atoms with E-state index in [1.807, 2.05) is 0 Å². The van der Waals surface area contributed by atoms with Crippen LogP contribution >= 0.6 is 0 Å². The van der Waals surface area contributed by atoms with Gasteiger partial charge in [0.25, 0.3) is 0 Å². The number of carbonyl (C=O) groups is 3. The topological polar surface area (TPSA) is 149 Å². The van der Waals surface area contributed by atoms with Crippen LogP contribution in [-0.4, -0.2) is 50.2 Å². The molecule has 0 saturated carbocycles. The molecule has 0 fully saturated rings. The van der Waals surface area contributed by atoms with Gasteiger partial charge in [0.05, 0.1) is 17.7 Å². The van der Waals surface area contributed by atoms with Gasteiger partial charge in [-0.25, -0.2) is 14.4 Å². The lowest BCUT2D eigenvalue weighted by atomic mass is 10.2. The molecule has 0 heterocycles. The molecular formula is C31H31F3N2O8. The lowest BCUT2D eigenvalue weighted by Crippen LogP contribution is -2.28. The van der Waals surface area contributed by atoms with Crippen molar-refractivity contribution in [2.75, 3.05) is 31.3 Å². The highest BCUT2D eigenvalue weighted by atomic mass is 19.4. The van der Waals surface area contributed by atoms with Crippen LogP contribution in [0.25, 0.3) is 6.08 Å². The minimum absolute atomic E-state index is 0.105. The Bertz CT molecular complexity index is 1420. The fourth-order valence-electron chi connectivity index (χ4n) is 3.61. The van der Waals surface area contributed by atoms with Gasteiger partial charge in [0.1, 0.15) is 11.5 Å². The van der Waals surface area contributed by atoms with Crippen LogP contribution in [0.3, 0.4) is 0 Å². The van der Waals surface area contributed by atoms with E-state index in [9.17, 15) is 27.6 Å². The number of esters is 3. The molecule has 234 valence electrons. The second-order valence-electron chi connectivity index (χ2n) is 9.19. The highest BCUT2D eigenvalue weighted by Gasteiger charge is 2.26. The molecule has 0 aliphatic heterocycles. The average molecular weight is 617 g/mol. The number of anilines is 2. The number of nitrogen functional groups attached to an aromatic ring is 2. The summed E-state index contributed by atoms with van der Waals surface area (Å²) in [6.45, 7) is 1.41. The first-order valence-corrected chi connectivity index (χ1v) is 13.4. The summed E-state index contributed by atoms with van der Waals surface area (Å²) in [4.78, 5) is 37.1. The largest absolute Gasteiger partial charge is 0.494 e. The molecule has 4 N–H and O–H groups in total. The molecule has 0 aliphatic carbocycles. The molecule has 13 heteroatoms. The van der Waals surface area contributed by atoms with E-state index in [1.54, 1.807) is 19.1 Å². The Balaban J connectivity index is 1.45. The number of rotatable bonds is 14. The zero-order chi connectivity index (χ0) is 32.1. The van der Waals surface area contributed by atoms with Crippen molar-refractivity contribution in [2.45, 2.75) is 32.2 Å². The molecule has 0 radical (unpaired) electrons. The minimum atomic E-state index is -4.24. The highest BCUT2D eigenvalue weighted by Crippen LogP contribution is 2.22. The Kier molecular flexibility index (Phi) is 12.2. The van der Waals surface area contributed by atoms with Crippen LogP contribution < -0.4 is 20.9 Å². The maximum absolute atomic E-state index is 12.4. The molecule has 44 heavy (non-hydrogen) atoms. The van der Waals surface area contributed by atoms with Crippen LogP contribution in [-0.2, 0) is 19.0 Å². The normalized spacial score (nSPS) is 12.0. The van der Waals surface area contributed by atoms with Gasteiger partial charge in [0.15, 0.2) is 6.61 Å². The summed E-state index contributed by atoms with van der Waals surface area (Å²) in [7, 11) is 0. The van der Waals surface area contributed by atoms with Crippen LogP contribution in [0.15, 0.2) is 72.8 Å². The Labute approximate surface area is 251 Å². The van der Waals surface area contributed by atoms with Gasteiger partial charge in [-0.3, -0.25) is 0 Å². The highest BCUT2D eigenvalue weighted by molar-refractivity contribution is 5.92. The van der Waals surface area contributed by atoms with Crippen molar-refractivity contribution < 1.29 is 51.2 Å². The molecule has 10 nitrogen and oxygen atoms in total. The lowest BCUT2D eigenvalue weighted by Gasteiger charge is -2.17. The fraction of sp³-hybridized carbons (Fsp3) is 0.258.